The van der Waals surface area contributed by atoms with Gasteiger partial charge in [0.25, 0.3) is 5.56 Å². The number of benzene rings is 1. The summed E-state index contributed by atoms with van der Waals surface area (Å²) in [6.45, 7) is 0. The highest BCUT2D eigenvalue weighted by Crippen LogP contribution is 2.35. The van der Waals surface area contributed by atoms with Crippen LogP contribution in [0, 0.1) is 5.82 Å². The van der Waals surface area contributed by atoms with Gasteiger partial charge in [0, 0.05) is 17.8 Å². The number of alkyl halides is 3. The van der Waals surface area contributed by atoms with Crippen molar-refractivity contribution in [3.05, 3.63) is 52.2 Å². The minimum atomic E-state index is -4.66. The fourth-order valence-corrected chi connectivity index (χ4v) is 1.47. The van der Waals surface area contributed by atoms with Crippen molar-refractivity contribution in [3.8, 4) is 11.4 Å². The number of aromatic nitrogens is 2. The number of halogens is 4. The molecule has 0 amide bonds. The van der Waals surface area contributed by atoms with Crippen LogP contribution in [0.25, 0.3) is 11.4 Å². The van der Waals surface area contributed by atoms with E-state index < -0.39 is 28.7 Å². The Morgan fingerprint density at radius 3 is 2.50 bits per heavy atom. The van der Waals surface area contributed by atoms with E-state index in [2.05, 4.69) is 9.97 Å². The van der Waals surface area contributed by atoms with Gasteiger partial charge in [0.05, 0.1) is 5.56 Å². The molecule has 2 rings (SSSR count). The van der Waals surface area contributed by atoms with Crippen LogP contribution in [0.4, 0.5) is 17.6 Å². The molecule has 0 saturated carbocycles. The highest BCUT2D eigenvalue weighted by molar-refractivity contribution is 5.60. The van der Waals surface area contributed by atoms with Gasteiger partial charge in [-0.3, -0.25) is 4.79 Å². The van der Waals surface area contributed by atoms with Gasteiger partial charge in [-0.15, -0.1) is 0 Å². The molecule has 18 heavy (non-hydrogen) atoms. The Hall–Kier alpha value is -2.18. The molecular formula is C11H6F4N2O. The molecule has 0 radical (unpaired) electrons. The minimum absolute atomic E-state index is 0.325. The van der Waals surface area contributed by atoms with Crippen LogP contribution in [0.3, 0.4) is 0 Å². The molecule has 1 N–H and O–H groups in total. The summed E-state index contributed by atoms with van der Waals surface area (Å²) in [5, 5.41) is 0. The molecule has 1 aromatic heterocycles. The zero-order valence-corrected chi connectivity index (χ0v) is 8.75. The Labute approximate surface area is 98.1 Å². The lowest BCUT2D eigenvalue weighted by Gasteiger charge is -2.11. The van der Waals surface area contributed by atoms with E-state index in [4.69, 9.17) is 0 Å². The van der Waals surface area contributed by atoms with Crippen LogP contribution in [-0.2, 0) is 6.18 Å². The van der Waals surface area contributed by atoms with E-state index in [-0.39, 0.29) is 5.82 Å². The smallest absolute Gasteiger partial charge is 0.307 e. The van der Waals surface area contributed by atoms with Gasteiger partial charge < -0.3 is 4.98 Å². The molecule has 1 aromatic carbocycles. The van der Waals surface area contributed by atoms with E-state index in [1.54, 1.807) is 0 Å². The van der Waals surface area contributed by atoms with Crippen molar-refractivity contribution in [3.63, 3.8) is 0 Å². The number of nitrogens with zero attached hydrogens (tertiary/aromatic N) is 1. The highest BCUT2D eigenvalue weighted by atomic mass is 19.4. The summed E-state index contributed by atoms with van der Waals surface area (Å²) in [7, 11) is 0. The lowest BCUT2D eigenvalue weighted by molar-refractivity contribution is -0.137. The summed E-state index contributed by atoms with van der Waals surface area (Å²) in [5.41, 5.74) is -2.17. The van der Waals surface area contributed by atoms with Gasteiger partial charge >= 0.3 is 6.18 Å². The van der Waals surface area contributed by atoms with Crippen molar-refractivity contribution in [1.82, 2.24) is 9.97 Å². The summed E-state index contributed by atoms with van der Waals surface area (Å²) >= 11 is 0. The van der Waals surface area contributed by atoms with Crippen molar-refractivity contribution < 1.29 is 17.6 Å². The van der Waals surface area contributed by atoms with Crippen molar-refractivity contribution in [1.29, 1.82) is 0 Å². The van der Waals surface area contributed by atoms with E-state index in [1.807, 2.05) is 0 Å². The third kappa shape index (κ3) is 2.39. The molecule has 1 heterocycles. The average molecular weight is 258 g/mol. The van der Waals surface area contributed by atoms with Gasteiger partial charge in [-0.1, -0.05) is 0 Å². The SMILES string of the molecule is O=c1ccnc(-c2cc(F)ccc2C(F)(F)F)[nH]1. The van der Waals surface area contributed by atoms with Crippen LogP contribution in [0.5, 0.6) is 0 Å². The molecule has 0 atom stereocenters. The van der Waals surface area contributed by atoms with Crippen molar-refractivity contribution in [2.75, 3.05) is 0 Å². The quantitative estimate of drug-likeness (QED) is 0.799. The van der Waals surface area contributed by atoms with E-state index >= 15 is 0 Å². The van der Waals surface area contributed by atoms with E-state index in [0.717, 1.165) is 12.3 Å². The number of H-pyrrole nitrogens is 1. The summed E-state index contributed by atoms with van der Waals surface area (Å²) in [5.74, 6) is -1.17. The third-order valence-corrected chi connectivity index (χ3v) is 2.21. The Morgan fingerprint density at radius 2 is 1.89 bits per heavy atom. The normalized spacial score (nSPS) is 11.6. The van der Waals surface area contributed by atoms with E-state index in [0.29, 0.717) is 18.2 Å². The maximum absolute atomic E-state index is 13.0. The van der Waals surface area contributed by atoms with Gasteiger partial charge in [-0.2, -0.15) is 13.2 Å². The third-order valence-electron chi connectivity index (χ3n) is 2.21. The lowest BCUT2D eigenvalue weighted by atomic mass is 10.1. The standard InChI is InChI=1S/C11H6F4N2O/c12-6-1-2-8(11(13,14)15)7(5-6)10-16-4-3-9(18)17-10/h1-5H,(H,16,17,18). The van der Waals surface area contributed by atoms with Gasteiger partial charge in [-0.05, 0) is 18.2 Å². The topological polar surface area (TPSA) is 45.8 Å². The molecular weight excluding hydrogens is 252 g/mol. The Balaban J connectivity index is 2.70. The molecule has 0 spiro atoms. The summed E-state index contributed by atoms with van der Waals surface area (Å²) in [4.78, 5) is 16.8. The van der Waals surface area contributed by atoms with E-state index in [9.17, 15) is 22.4 Å². The Morgan fingerprint density at radius 1 is 1.17 bits per heavy atom. The average Bonchev–Trinajstić information content (AvgIpc) is 2.27. The summed E-state index contributed by atoms with van der Waals surface area (Å²) in [6.07, 6.45) is -3.60. The maximum atomic E-state index is 13.0. The first-order chi connectivity index (χ1) is 8.38. The molecule has 0 unspecified atom stereocenters. The largest absolute Gasteiger partial charge is 0.417 e. The number of hydrogen-bond donors (Lipinski definition) is 1. The van der Waals surface area contributed by atoms with Crippen molar-refractivity contribution >= 4 is 0 Å². The summed E-state index contributed by atoms with van der Waals surface area (Å²) in [6, 6.07) is 3.04. The number of rotatable bonds is 1. The number of aromatic amines is 1. The molecule has 3 nitrogen and oxygen atoms in total. The van der Waals surface area contributed by atoms with Gasteiger partial charge in [0.2, 0.25) is 0 Å². The number of nitrogens with one attached hydrogen (secondary N) is 1. The highest BCUT2D eigenvalue weighted by Gasteiger charge is 2.34. The molecule has 0 bridgehead atoms. The van der Waals surface area contributed by atoms with Crippen molar-refractivity contribution in [2.45, 2.75) is 6.18 Å². The molecule has 0 fully saturated rings. The van der Waals surface area contributed by atoms with Crippen LogP contribution in [-0.4, -0.2) is 9.97 Å². The van der Waals surface area contributed by atoms with Crippen LogP contribution in [0.1, 0.15) is 5.56 Å². The lowest BCUT2D eigenvalue weighted by Crippen LogP contribution is -2.11. The first-order valence-electron chi connectivity index (χ1n) is 4.80. The number of hydrogen-bond acceptors (Lipinski definition) is 2. The fraction of sp³-hybridized carbons (Fsp3) is 0.0909. The molecule has 0 aliphatic rings. The first-order valence-corrected chi connectivity index (χ1v) is 4.80. The fourth-order valence-electron chi connectivity index (χ4n) is 1.47. The van der Waals surface area contributed by atoms with Crippen LogP contribution < -0.4 is 5.56 Å². The van der Waals surface area contributed by atoms with E-state index in [1.165, 1.54) is 0 Å². The van der Waals surface area contributed by atoms with Gasteiger partial charge in [-0.25, -0.2) is 9.37 Å². The second-order valence-corrected chi connectivity index (χ2v) is 3.47. The monoisotopic (exact) mass is 258 g/mol. The second kappa shape index (κ2) is 4.25. The molecule has 0 aliphatic carbocycles. The predicted octanol–water partition coefficient (Wildman–Crippen LogP) is 2.59. The van der Waals surface area contributed by atoms with Crippen LogP contribution in [0.2, 0.25) is 0 Å². The van der Waals surface area contributed by atoms with Crippen LogP contribution >= 0.6 is 0 Å². The first kappa shape index (κ1) is 12.3. The maximum Gasteiger partial charge on any atom is 0.417 e. The zero-order chi connectivity index (χ0) is 13.3. The second-order valence-electron chi connectivity index (χ2n) is 3.47. The van der Waals surface area contributed by atoms with Crippen LogP contribution in [0.15, 0.2) is 35.3 Å². The molecule has 94 valence electrons. The van der Waals surface area contributed by atoms with Gasteiger partial charge in [0.15, 0.2) is 0 Å². The predicted molar refractivity (Wildman–Crippen MR) is 55.3 cm³/mol. The zero-order valence-electron chi connectivity index (χ0n) is 8.75. The van der Waals surface area contributed by atoms with Crippen molar-refractivity contribution in [2.24, 2.45) is 0 Å². The summed E-state index contributed by atoms with van der Waals surface area (Å²) < 4.78 is 51.2. The molecule has 7 heteroatoms. The Kier molecular flexibility index (Phi) is 2.90. The minimum Gasteiger partial charge on any atom is -0.307 e. The molecule has 2 aromatic rings. The van der Waals surface area contributed by atoms with Gasteiger partial charge in [0.1, 0.15) is 11.6 Å². The molecule has 0 saturated heterocycles. The Bertz CT molecular complexity index is 633. The molecule has 0 aliphatic heterocycles.